The number of aromatic nitrogens is 3. The lowest BCUT2D eigenvalue weighted by Gasteiger charge is -2.08. The van der Waals surface area contributed by atoms with Crippen molar-refractivity contribution in [3.05, 3.63) is 40.5 Å². The van der Waals surface area contributed by atoms with Crippen LogP contribution in [-0.4, -0.2) is 21.1 Å². The highest BCUT2D eigenvalue weighted by molar-refractivity contribution is 9.10. The summed E-state index contributed by atoms with van der Waals surface area (Å²) < 4.78 is 3.04. The zero-order valence-electron chi connectivity index (χ0n) is 9.94. The van der Waals surface area contributed by atoms with Crippen LogP contribution in [-0.2, 0) is 13.5 Å². The first-order chi connectivity index (χ1) is 8.16. The molecule has 17 heavy (non-hydrogen) atoms. The summed E-state index contributed by atoms with van der Waals surface area (Å²) in [7, 11) is 2.01. The maximum atomic E-state index is 4.33. The van der Waals surface area contributed by atoms with Crippen LogP contribution in [0.5, 0.6) is 0 Å². The molecule has 0 aliphatic rings. The van der Waals surface area contributed by atoms with Crippen molar-refractivity contribution in [3.63, 3.8) is 0 Å². The van der Waals surface area contributed by atoms with Crippen molar-refractivity contribution >= 4 is 21.7 Å². The fourth-order valence-corrected chi connectivity index (χ4v) is 2.10. The van der Waals surface area contributed by atoms with Gasteiger partial charge >= 0.3 is 0 Å². The highest BCUT2D eigenvalue weighted by Crippen LogP contribution is 2.16. The van der Waals surface area contributed by atoms with Crippen LogP contribution >= 0.6 is 15.9 Å². The fourth-order valence-electron chi connectivity index (χ4n) is 1.66. The van der Waals surface area contributed by atoms with Crippen LogP contribution in [0.2, 0.25) is 0 Å². The minimum absolute atomic E-state index is 0.834. The van der Waals surface area contributed by atoms with Gasteiger partial charge in [-0.1, -0.05) is 0 Å². The number of hydrogen-bond donors (Lipinski definition) is 1. The number of imidazole rings is 1. The van der Waals surface area contributed by atoms with Crippen molar-refractivity contribution in [3.8, 4) is 0 Å². The third kappa shape index (κ3) is 3.06. The summed E-state index contributed by atoms with van der Waals surface area (Å²) in [6.45, 7) is 2.88. The topological polar surface area (TPSA) is 42.7 Å². The van der Waals surface area contributed by atoms with E-state index in [0.717, 1.165) is 34.6 Å². The van der Waals surface area contributed by atoms with Gasteiger partial charge in [0.1, 0.15) is 11.6 Å². The second-order valence-corrected chi connectivity index (χ2v) is 4.87. The van der Waals surface area contributed by atoms with Crippen LogP contribution in [0.25, 0.3) is 0 Å². The number of nitrogens with one attached hydrogen (secondary N) is 1. The summed E-state index contributed by atoms with van der Waals surface area (Å²) in [5, 5.41) is 3.32. The molecule has 2 heterocycles. The Hall–Kier alpha value is -1.36. The van der Waals surface area contributed by atoms with Gasteiger partial charge in [-0.3, -0.25) is 0 Å². The van der Waals surface area contributed by atoms with Crippen molar-refractivity contribution in [2.45, 2.75) is 13.3 Å². The zero-order chi connectivity index (χ0) is 12.3. The molecule has 0 fully saturated rings. The van der Waals surface area contributed by atoms with Gasteiger partial charge in [0.05, 0.1) is 0 Å². The number of halogens is 1. The SMILES string of the molecule is Cc1cc(Br)cnc1NCCc1nccn1C. The van der Waals surface area contributed by atoms with Crippen molar-refractivity contribution < 1.29 is 0 Å². The van der Waals surface area contributed by atoms with Gasteiger partial charge in [-0.15, -0.1) is 0 Å². The summed E-state index contributed by atoms with van der Waals surface area (Å²) in [4.78, 5) is 8.61. The van der Waals surface area contributed by atoms with Gasteiger partial charge in [0.25, 0.3) is 0 Å². The molecule has 0 atom stereocenters. The maximum Gasteiger partial charge on any atom is 0.128 e. The first-order valence-corrected chi connectivity index (χ1v) is 6.28. The van der Waals surface area contributed by atoms with Crippen molar-refractivity contribution in [2.24, 2.45) is 7.05 Å². The fraction of sp³-hybridized carbons (Fsp3) is 0.333. The molecule has 0 bridgehead atoms. The third-order valence-electron chi connectivity index (χ3n) is 2.61. The zero-order valence-corrected chi connectivity index (χ0v) is 11.5. The number of aryl methyl sites for hydroxylation is 2. The molecule has 0 saturated heterocycles. The second-order valence-electron chi connectivity index (χ2n) is 3.95. The van der Waals surface area contributed by atoms with Crippen molar-refractivity contribution in [2.75, 3.05) is 11.9 Å². The van der Waals surface area contributed by atoms with E-state index in [1.165, 1.54) is 0 Å². The van der Waals surface area contributed by atoms with E-state index in [0.29, 0.717) is 0 Å². The molecule has 90 valence electrons. The van der Waals surface area contributed by atoms with Crippen LogP contribution < -0.4 is 5.32 Å². The average Bonchev–Trinajstić information content (AvgIpc) is 2.68. The summed E-state index contributed by atoms with van der Waals surface area (Å²) in [6.07, 6.45) is 6.47. The van der Waals surface area contributed by atoms with E-state index in [4.69, 9.17) is 0 Å². The monoisotopic (exact) mass is 294 g/mol. The van der Waals surface area contributed by atoms with Gasteiger partial charge in [-0.05, 0) is 34.5 Å². The molecule has 0 aliphatic carbocycles. The molecule has 0 saturated carbocycles. The molecule has 0 amide bonds. The summed E-state index contributed by atoms with van der Waals surface area (Å²) >= 11 is 3.40. The number of nitrogens with zero attached hydrogens (tertiary/aromatic N) is 3. The first kappa shape index (κ1) is 12.1. The van der Waals surface area contributed by atoms with E-state index in [1.54, 1.807) is 6.20 Å². The Balaban J connectivity index is 1.92. The minimum Gasteiger partial charge on any atom is -0.369 e. The highest BCUT2D eigenvalue weighted by atomic mass is 79.9. The van der Waals surface area contributed by atoms with Crippen LogP contribution in [0.1, 0.15) is 11.4 Å². The molecule has 2 aromatic rings. The smallest absolute Gasteiger partial charge is 0.128 e. The molecule has 0 aromatic carbocycles. The summed E-state index contributed by atoms with van der Waals surface area (Å²) in [5.41, 5.74) is 1.14. The van der Waals surface area contributed by atoms with Crippen LogP contribution in [0.3, 0.4) is 0 Å². The Morgan fingerprint density at radius 3 is 2.88 bits per heavy atom. The standard InChI is InChI=1S/C12H15BrN4/c1-9-7-10(13)8-16-12(9)15-4-3-11-14-5-6-17(11)2/h5-8H,3-4H2,1-2H3,(H,15,16). The van der Waals surface area contributed by atoms with E-state index in [-0.39, 0.29) is 0 Å². The van der Waals surface area contributed by atoms with Crippen molar-refractivity contribution in [1.29, 1.82) is 0 Å². The predicted molar refractivity (Wildman–Crippen MR) is 72.1 cm³/mol. The van der Waals surface area contributed by atoms with E-state index < -0.39 is 0 Å². The van der Waals surface area contributed by atoms with Gasteiger partial charge in [-0.2, -0.15) is 0 Å². The molecule has 5 heteroatoms. The predicted octanol–water partition coefficient (Wildman–Crippen LogP) is 2.54. The first-order valence-electron chi connectivity index (χ1n) is 5.49. The lowest BCUT2D eigenvalue weighted by molar-refractivity contribution is 0.788. The molecule has 0 aliphatic heterocycles. The number of pyridine rings is 1. The molecule has 2 aromatic heterocycles. The number of rotatable bonds is 4. The van der Waals surface area contributed by atoms with Gasteiger partial charge in [-0.25, -0.2) is 9.97 Å². The molecule has 0 spiro atoms. The molecule has 4 nitrogen and oxygen atoms in total. The third-order valence-corrected chi connectivity index (χ3v) is 3.04. The van der Waals surface area contributed by atoms with Gasteiger partial charge in [0, 0.05) is 43.1 Å². The molecule has 2 rings (SSSR count). The Labute approximate surface area is 109 Å². The Kier molecular flexibility index (Phi) is 3.78. The van der Waals surface area contributed by atoms with Crippen LogP contribution in [0, 0.1) is 6.92 Å². The lowest BCUT2D eigenvalue weighted by Crippen LogP contribution is -2.10. The van der Waals surface area contributed by atoms with E-state index in [2.05, 4.69) is 37.3 Å². The Bertz CT molecular complexity index is 507. The van der Waals surface area contributed by atoms with Crippen LogP contribution in [0.4, 0.5) is 5.82 Å². The highest BCUT2D eigenvalue weighted by Gasteiger charge is 2.02. The molecular weight excluding hydrogens is 280 g/mol. The molecule has 0 unspecified atom stereocenters. The molecule has 0 radical (unpaired) electrons. The normalized spacial score (nSPS) is 10.5. The quantitative estimate of drug-likeness (QED) is 0.942. The largest absolute Gasteiger partial charge is 0.369 e. The van der Waals surface area contributed by atoms with Gasteiger partial charge < -0.3 is 9.88 Å². The van der Waals surface area contributed by atoms with E-state index in [9.17, 15) is 0 Å². The van der Waals surface area contributed by atoms with E-state index in [1.807, 2.05) is 30.9 Å². The summed E-state index contributed by atoms with van der Waals surface area (Å²) in [5.74, 6) is 2.01. The minimum atomic E-state index is 0.834. The second kappa shape index (κ2) is 5.31. The average molecular weight is 295 g/mol. The Morgan fingerprint density at radius 2 is 2.24 bits per heavy atom. The lowest BCUT2D eigenvalue weighted by atomic mass is 10.3. The molecular formula is C12H15BrN4. The van der Waals surface area contributed by atoms with Crippen molar-refractivity contribution in [1.82, 2.24) is 14.5 Å². The summed E-state index contributed by atoms with van der Waals surface area (Å²) in [6, 6.07) is 2.05. The van der Waals surface area contributed by atoms with Gasteiger partial charge in [0.15, 0.2) is 0 Å². The van der Waals surface area contributed by atoms with E-state index >= 15 is 0 Å². The number of hydrogen-bond acceptors (Lipinski definition) is 3. The van der Waals surface area contributed by atoms with Crippen LogP contribution in [0.15, 0.2) is 29.1 Å². The van der Waals surface area contributed by atoms with Gasteiger partial charge in [0.2, 0.25) is 0 Å². The Morgan fingerprint density at radius 1 is 1.41 bits per heavy atom. The number of anilines is 1. The molecule has 1 N–H and O–H groups in total. The maximum absolute atomic E-state index is 4.33.